The molecule has 2 heteroatoms. The molecule has 0 aliphatic rings. The van der Waals surface area contributed by atoms with Crippen molar-refractivity contribution in [1.29, 1.82) is 0 Å². The standard InChI is InChI=1S/C24H36N2/c1-3-5-7-12-18-26(19-13-8-6-4-2)24-17-16-23(21-25-24)20-22-14-10-9-11-15-22/h9-11,14-17,21H,3-8,12-13,18-20H2,1-2H3. The van der Waals surface area contributed by atoms with E-state index in [4.69, 9.17) is 4.98 Å². The third kappa shape index (κ3) is 7.59. The Labute approximate surface area is 160 Å². The first-order valence-corrected chi connectivity index (χ1v) is 10.6. The Balaban J connectivity index is 1.93. The molecule has 1 aromatic carbocycles. The first kappa shape index (κ1) is 20.5. The molecule has 0 aliphatic carbocycles. The van der Waals surface area contributed by atoms with Gasteiger partial charge in [-0.2, -0.15) is 0 Å². The van der Waals surface area contributed by atoms with Crippen LogP contribution in [0.15, 0.2) is 48.7 Å². The van der Waals surface area contributed by atoms with Crippen LogP contribution in [-0.2, 0) is 6.42 Å². The molecule has 26 heavy (non-hydrogen) atoms. The van der Waals surface area contributed by atoms with Gasteiger partial charge >= 0.3 is 0 Å². The predicted molar refractivity (Wildman–Crippen MR) is 114 cm³/mol. The number of hydrogen-bond donors (Lipinski definition) is 0. The van der Waals surface area contributed by atoms with E-state index in [1.54, 1.807) is 0 Å². The fourth-order valence-corrected chi connectivity index (χ4v) is 3.34. The average molecular weight is 353 g/mol. The average Bonchev–Trinajstić information content (AvgIpc) is 2.68. The van der Waals surface area contributed by atoms with Crippen LogP contribution in [0.3, 0.4) is 0 Å². The van der Waals surface area contributed by atoms with Crippen molar-refractivity contribution in [3.05, 3.63) is 59.8 Å². The molecule has 2 rings (SSSR count). The summed E-state index contributed by atoms with van der Waals surface area (Å²) in [6, 6.07) is 15.1. The summed E-state index contributed by atoms with van der Waals surface area (Å²) in [5, 5.41) is 0. The van der Waals surface area contributed by atoms with Crippen LogP contribution in [0.1, 0.15) is 76.3 Å². The van der Waals surface area contributed by atoms with Crippen molar-refractivity contribution in [1.82, 2.24) is 4.98 Å². The zero-order chi connectivity index (χ0) is 18.5. The third-order valence-electron chi connectivity index (χ3n) is 4.95. The summed E-state index contributed by atoms with van der Waals surface area (Å²) in [5.74, 6) is 1.15. The van der Waals surface area contributed by atoms with Gasteiger partial charge in [-0.3, -0.25) is 0 Å². The van der Waals surface area contributed by atoms with Crippen LogP contribution in [0.25, 0.3) is 0 Å². The monoisotopic (exact) mass is 352 g/mol. The lowest BCUT2D eigenvalue weighted by Crippen LogP contribution is -2.26. The summed E-state index contributed by atoms with van der Waals surface area (Å²) in [4.78, 5) is 7.30. The van der Waals surface area contributed by atoms with Crippen LogP contribution in [0.5, 0.6) is 0 Å². The van der Waals surface area contributed by atoms with Gasteiger partial charge in [0.1, 0.15) is 5.82 Å². The minimum atomic E-state index is 0.959. The molecular weight excluding hydrogens is 316 g/mol. The van der Waals surface area contributed by atoms with Crippen molar-refractivity contribution in [2.24, 2.45) is 0 Å². The van der Waals surface area contributed by atoms with E-state index < -0.39 is 0 Å². The lowest BCUT2D eigenvalue weighted by molar-refractivity contribution is 0.605. The second kappa shape index (κ2) is 12.5. The third-order valence-corrected chi connectivity index (χ3v) is 4.95. The topological polar surface area (TPSA) is 16.1 Å². The van der Waals surface area contributed by atoms with Crippen molar-refractivity contribution < 1.29 is 0 Å². The highest BCUT2D eigenvalue weighted by molar-refractivity contribution is 5.40. The lowest BCUT2D eigenvalue weighted by atomic mass is 10.1. The Kier molecular flexibility index (Phi) is 9.86. The van der Waals surface area contributed by atoms with Crippen LogP contribution < -0.4 is 4.90 Å². The Morgan fingerprint density at radius 3 is 1.88 bits per heavy atom. The Bertz CT molecular complexity index is 565. The molecule has 0 N–H and O–H groups in total. The number of nitrogens with zero attached hydrogens (tertiary/aromatic N) is 2. The second-order valence-electron chi connectivity index (χ2n) is 7.30. The molecule has 1 aromatic heterocycles. The Hall–Kier alpha value is -1.83. The van der Waals surface area contributed by atoms with E-state index >= 15 is 0 Å². The van der Waals surface area contributed by atoms with Crippen LogP contribution >= 0.6 is 0 Å². The molecule has 142 valence electrons. The van der Waals surface area contributed by atoms with Gasteiger partial charge in [-0.15, -0.1) is 0 Å². The molecule has 0 saturated carbocycles. The van der Waals surface area contributed by atoms with Crippen LogP contribution in [0.2, 0.25) is 0 Å². The van der Waals surface area contributed by atoms with E-state index in [0.29, 0.717) is 0 Å². The van der Waals surface area contributed by atoms with Crippen molar-refractivity contribution in [3.63, 3.8) is 0 Å². The van der Waals surface area contributed by atoms with Crippen LogP contribution in [0, 0.1) is 0 Å². The van der Waals surface area contributed by atoms with E-state index in [2.05, 4.69) is 67.4 Å². The summed E-state index contributed by atoms with van der Waals surface area (Å²) in [6.07, 6.45) is 13.5. The largest absolute Gasteiger partial charge is 0.357 e. The summed E-state index contributed by atoms with van der Waals surface area (Å²) >= 11 is 0. The first-order valence-electron chi connectivity index (χ1n) is 10.6. The molecule has 0 unspecified atom stereocenters. The number of hydrogen-bond acceptors (Lipinski definition) is 2. The highest BCUT2D eigenvalue weighted by atomic mass is 15.2. The number of rotatable bonds is 13. The van der Waals surface area contributed by atoms with E-state index in [0.717, 1.165) is 25.3 Å². The molecule has 0 saturated heterocycles. The van der Waals surface area contributed by atoms with E-state index in [1.165, 1.54) is 62.5 Å². The normalized spacial score (nSPS) is 10.8. The van der Waals surface area contributed by atoms with Gasteiger partial charge < -0.3 is 4.90 Å². The second-order valence-corrected chi connectivity index (χ2v) is 7.30. The number of aromatic nitrogens is 1. The zero-order valence-corrected chi connectivity index (χ0v) is 16.8. The number of unbranched alkanes of at least 4 members (excludes halogenated alkanes) is 6. The van der Waals surface area contributed by atoms with Crippen molar-refractivity contribution >= 4 is 5.82 Å². The lowest BCUT2D eigenvalue weighted by Gasteiger charge is -2.24. The molecule has 0 aliphatic heterocycles. The molecule has 1 heterocycles. The first-order chi connectivity index (χ1) is 12.8. The maximum atomic E-state index is 4.80. The van der Waals surface area contributed by atoms with Crippen molar-refractivity contribution in [2.45, 2.75) is 71.6 Å². The number of anilines is 1. The quantitative estimate of drug-likeness (QED) is 0.376. The molecule has 0 bridgehead atoms. The molecule has 0 spiro atoms. The summed E-state index contributed by atoms with van der Waals surface area (Å²) in [6.45, 7) is 6.82. The fourth-order valence-electron chi connectivity index (χ4n) is 3.34. The molecule has 2 nitrogen and oxygen atoms in total. The maximum absolute atomic E-state index is 4.80. The Morgan fingerprint density at radius 1 is 0.692 bits per heavy atom. The minimum absolute atomic E-state index is 0.959. The van der Waals surface area contributed by atoms with Crippen molar-refractivity contribution in [2.75, 3.05) is 18.0 Å². The molecule has 0 amide bonds. The molecule has 2 aromatic rings. The molecule has 0 radical (unpaired) electrons. The minimum Gasteiger partial charge on any atom is -0.357 e. The van der Waals surface area contributed by atoms with E-state index in [9.17, 15) is 0 Å². The summed E-state index contributed by atoms with van der Waals surface area (Å²) in [7, 11) is 0. The zero-order valence-electron chi connectivity index (χ0n) is 16.8. The van der Waals surface area contributed by atoms with E-state index in [1.807, 2.05) is 0 Å². The maximum Gasteiger partial charge on any atom is 0.128 e. The Morgan fingerprint density at radius 2 is 1.35 bits per heavy atom. The molecular formula is C24H36N2. The smallest absolute Gasteiger partial charge is 0.128 e. The predicted octanol–water partition coefficient (Wildman–Crippen LogP) is 6.64. The molecule has 0 atom stereocenters. The van der Waals surface area contributed by atoms with Gasteiger partial charge in [-0.05, 0) is 36.5 Å². The van der Waals surface area contributed by atoms with E-state index in [-0.39, 0.29) is 0 Å². The molecule has 0 fully saturated rings. The fraction of sp³-hybridized carbons (Fsp3) is 0.542. The van der Waals surface area contributed by atoms with Gasteiger partial charge in [0, 0.05) is 19.3 Å². The number of pyridine rings is 1. The van der Waals surface area contributed by atoms with Crippen LogP contribution in [0.4, 0.5) is 5.82 Å². The van der Waals surface area contributed by atoms with Gasteiger partial charge in [-0.1, -0.05) is 88.8 Å². The van der Waals surface area contributed by atoms with Gasteiger partial charge in [0.2, 0.25) is 0 Å². The summed E-state index contributed by atoms with van der Waals surface area (Å²) in [5.41, 5.74) is 2.63. The van der Waals surface area contributed by atoms with Gasteiger partial charge in [0.25, 0.3) is 0 Å². The van der Waals surface area contributed by atoms with Crippen LogP contribution in [-0.4, -0.2) is 18.1 Å². The van der Waals surface area contributed by atoms with Crippen molar-refractivity contribution in [3.8, 4) is 0 Å². The van der Waals surface area contributed by atoms with Gasteiger partial charge in [0.05, 0.1) is 0 Å². The highest BCUT2D eigenvalue weighted by Crippen LogP contribution is 2.16. The number of benzene rings is 1. The van der Waals surface area contributed by atoms with Gasteiger partial charge in [-0.25, -0.2) is 4.98 Å². The summed E-state index contributed by atoms with van der Waals surface area (Å²) < 4.78 is 0. The highest BCUT2D eigenvalue weighted by Gasteiger charge is 2.08. The van der Waals surface area contributed by atoms with Gasteiger partial charge in [0.15, 0.2) is 0 Å². The SMILES string of the molecule is CCCCCCN(CCCCCC)c1ccc(Cc2ccccc2)cn1.